The average molecular weight is 324 g/mol. The molecule has 1 amide bonds. The number of halogens is 1. The van der Waals surface area contributed by atoms with Crippen molar-refractivity contribution >= 4 is 23.2 Å². The summed E-state index contributed by atoms with van der Waals surface area (Å²) in [5.41, 5.74) is 9.84. The lowest BCUT2D eigenvalue weighted by atomic mass is 10.2. The van der Waals surface area contributed by atoms with Gasteiger partial charge in [-0.3, -0.25) is 4.79 Å². The number of anilines is 1. The molecule has 2 aliphatic heterocycles. The fourth-order valence-electron chi connectivity index (χ4n) is 2.90. The molecule has 4 N–H and O–H groups in total. The van der Waals surface area contributed by atoms with Crippen molar-refractivity contribution in [2.24, 2.45) is 0 Å². The first kappa shape index (κ1) is 15.6. The maximum atomic E-state index is 12.7. The van der Waals surface area contributed by atoms with Crippen molar-refractivity contribution in [3.63, 3.8) is 0 Å². The maximum absolute atomic E-state index is 12.7. The molecule has 6 nitrogen and oxygen atoms in total. The van der Waals surface area contributed by atoms with Crippen LogP contribution in [-0.4, -0.2) is 36.1 Å². The molecule has 1 aromatic carbocycles. The van der Waals surface area contributed by atoms with Crippen molar-refractivity contribution in [1.29, 1.82) is 0 Å². The van der Waals surface area contributed by atoms with Gasteiger partial charge in [0.05, 0.1) is 0 Å². The Hall–Kier alpha value is -1.34. The topological polar surface area (TPSA) is 68.4 Å². The van der Waals surface area contributed by atoms with Gasteiger partial charge in [0.2, 0.25) is 5.91 Å². The van der Waals surface area contributed by atoms with Crippen molar-refractivity contribution in [3.05, 3.63) is 29.3 Å². The van der Waals surface area contributed by atoms with E-state index in [2.05, 4.69) is 21.7 Å². The molecule has 0 spiro atoms. The molecule has 2 saturated heterocycles. The van der Waals surface area contributed by atoms with Gasteiger partial charge in [0, 0.05) is 23.8 Å². The minimum Gasteiger partial charge on any atom is -0.367 e. The predicted octanol–water partition coefficient (Wildman–Crippen LogP) is 1.46. The molecule has 0 aromatic heterocycles. The number of hydrazine groups is 2. The summed E-state index contributed by atoms with van der Waals surface area (Å²) in [7, 11) is 0. The summed E-state index contributed by atoms with van der Waals surface area (Å²) in [5.74, 6) is 0.130. The summed E-state index contributed by atoms with van der Waals surface area (Å²) in [6.45, 7) is 1.70. The highest BCUT2D eigenvalue weighted by Gasteiger charge is 2.35. The van der Waals surface area contributed by atoms with E-state index in [1.54, 1.807) is 0 Å². The normalized spacial score (nSPS) is 25.8. The monoisotopic (exact) mass is 323 g/mol. The minimum absolute atomic E-state index is 0.130. The largest absolute Gasteiger partial charge is 0.367 e. The molecule has 120 valence electrons. The number of benzene rings is 1. The first-order chi connectivity index (χ1) is 10.7. The Balaban J connectivity index is 1.64. The summed E-state index contributed by atoms with van der Waals surface area (Å²) in [4.78, 5) is 14.7. The summed E-state index contributed by atoms with van der Waals surface area (Å²) in [6, 6.07) is 7.11. The number of nitrogens with zero attached hydrogens (tertiary/aromatic N) is 1. The van der Waals surface area contributed by atoms with Crippen molar-refractivity contribution in [3.8, 4) is 0 Å². The molecule has 2 aliphatic rings. The molecule has 7 heteroatoms. The molecule has 0 bridgehead atoms. The zero-order valence-corrected chi connectivity index (χ0v) is 13.2. The molecule has 2 unspecified atom stereocenters. The van der Waals surface area contributed by atoms with E-state index in [4.69, 9.17) is 11.6 Å². The SMILES string of the molecule is O=C(C1NNNC1Nc1ccc(Cl)cc1)N1CCCCCC1. The molecular weight excluding hydrogens is 302 g/mol. The summed E-state index contributed by atoms with van der Waals surface area (Å²) < 4.78 is 0. The number of carbonyl (C=O) groups is 1. The van der Waals surface area contributed by atoms with Gasteiger partial charge in [-0.1, -0.05) is 24.4 Å². The lowest BCUT2D eigenvalue weighted by Gasteiger charge is -2.27. The van der Waals surface area contributed by atoms with Gasteiger partial charge in [0.15, 0.2) is 0 Å². The van der Waals surface area contributed by atoms with Gasteiger partial charge in [0.25, 0.3) is 0 Å². The van der Waals surface area contributed by atoms with E-state index in [1.165, 1.54) is 12.8 Å². The second-order valence-corrected chi connectivity index (χ2v) is 6.20. The van der Waals surface area contributed by atoms with E-state index in [0.29, 0.717) is 5.02 Å². The number of likely N-dealkylation sites (tertiary alicyclic amines) is 1. The Labute approximate surface area is 135 Å². The van der Waals surface area contributed by atoms with Crippen LogP contribution in [0.2, 0.25) is 5.02 Å². The highest BCUT2D eigenvalue weighted by molar-refractivity contribution is 6.30. The molecule has 0 aliphatic carbocycles. The number of carbonyl (C=O) groups excluding carboxylic acids is 1. The van der Waals surface area contributed by atoms with Crippen molar-refractivity contribution in [2.45, 2.75) is 37.9 Å². The van der Waals surface area contributed by atoms with Crippen LogP contribution in [0.5, 0.6) is 0 Å². The molecule has 3 rings (SSSR count). The second-order valence-electron chi connectivity index (χ2n) is 5.76. The van der Waals surface area contributed by atoms with Gasteiger partial charge in [-0.15, -0.1) is 0 Å². The Morgan fingerprint density at radius 2 is 1.77 bits per heavy atom. The second kappa shape index (κ2) is 7.28. The number of nitrogens with one attached hydrogen (secondary N) is 4. The average Bonchev–Trinajstić information content (AvgIpc) is 2.81. The van der Waals surface area contributed by atoms with Crippen LogP contribution in [0.25, 0.3) is 0 Å². The van der Waals surface area contributed by atoms with Crippen LogP contribution < -0.4 is 21.7 Å². The first-order valence-electron chi connectivity index (χ1n) is 7.81. The standard InChI is InChI=1S/C15H22ClN5O/c16-11-5-7-12(8-6-11)17-14-13(18-20-19-14)15(22)21-9-3-1-2-4-10-21/h5-8,13-14,17-20H,1-4,9-10H2. The molecule has 22 heavy (non-hydrogen) atoms. The fourth-order valence-corrected chi connectivity index (χ4v) is 3.03. The van der Waals surface area contributed by atoms with Crippen LogP contribution in [0, 0.1) is 0 Å². The van der Waals surface area contributed by atoms with E-state index in [0.717, 1.165) is 31.6 Å². The van der Waals surface area contributed by atoms with E-state index in [-0.39, 0.29) is 18.1 Å². The van der Waals surface area contributed by atoms with Crippen molar-refractivity contribution in [2.75, 3.05) is 18.4 Å². The number of hydrogen-bond donors (Lipinski definition) is 4. The Kier molecular flexibility index (Phi) is 5.15. The fraction of sp³-hybridized carbons (Fsp3) is 0.533. The Morgan fingerprint density at radius 1 is 1.09 bits per heavy atom. The van der Waals surface area contributed by atoms with E-state index in [9.17, 15) is 4.79 Å². The molecule has 2 fully saturated rings. The highest BCUT2D eigenvalue weighted by Crippen LogP contribution is 2.17. The van der Waals surface area contributed by atoms with Gasteiger partial charge in [-0.05, 0) is 37.1 Å². The zero-order chi connectivity index (χ0) is 15.4. The van der Waals surface area contributed by atoms with Crippen LogP contribution in [-0.2, 0) is 4.79 Å². The summed E-state index contributed by atoms with van der Waals surface area (Å²) in [6.07, 6.45) is 4.40. The minimum atomic E-state index is -0.339. The molecule has 0 radical (unpaired) electrons. The number of rotatable bonds is 3. The Morgan fingerprint density at radius 3 is 2.45 bits per heavy atom. The van der Waals surface area contributed by atoms with E-state index >= 15 is 0 Å². The third-order valence-electron chi connectivity index (χ3n) is 4.14. The third kappa shape index (κ3) is 3.70. The summed E-state index contributed by atoms with van der Waals surface area (Å²) in [5, 5.41) is 4.00. The van der Waals surface area contributed by atoms with Gasteiger partial charge in [-0.2, -0.15) is 5.53 Å². The number of hydrogen-bond acceptors (Lipinski definition) is 5. The van der Waals surface area contributed by atoms with Gasteiger partial charge in [-0.25, -0.2) is 10.9 Å². The molecule has 2 heterocycles. The van der Waals surface area contributed by atoms with Crippen molar-refractivity contribution < 1.29 is 4.79 Å². The quantitative estimate of drug-likeness (QED) is 0.678. The predicted molar refractivity (Wildman–Crippen MR) is 87.1 cm³/mol. The lowest BCUT2D eigenvalue weighted by molar-refractivity contribution is -0.133. The van der Waals surface area contributed by atoms with E-state index < -0.39 is 0 Å². The van der Waals surface area contributed by atoms with Crippen LogP contribution in [0.15, 0.2) is 24.3 Å². The van der Waals surface area contributed by atoms with Gasteiger partial charge >= 0.3 is 0 Å². The van der Waals surface area contributed by atoms with Crippen LogP contribution in [0.4, 0.5) is 5.69 Å². The lowest BCUT2D eigenvalue weighted by Crippen LogP contribution is -2.52. The molecule has 1 aromatic rings. The third-order valence-corrected chi connectivity index (χ3v) is 4.39. The Bertz CT molecular complexity index is 501. The van der Waals surface area contributed by atoms with Gasteiger partial charge < -0.3 is 10.2 Å². The van der Waals surface area contributed by atoms with Crippen LogP contribution in [0.1, 0.15) is 25.7 Å². The molecule has 0 saturated carbocycles. The zero-order valence-electron chi connectivity index (χ0n) is 12.4. The van der Waals surface area contributed by atoms with Crippen molar-refractivity contribution in [1.82, 2.24) is 21.3 Å². The van der Waals surface area contributed by atoms with Gasteiger partial charge in [0.1, 0.15) is 12.2 Å². The maximum Gasteiger partial charge on any atom is 0.244 e. The van der Waals surface area contributed by atoms with Crippen LogP contribution >= 0.6 is 11.6 Å². The van der Waals surface area contributed by atoms with E-state index in [1.807, 2.05) is 29.2 Å². The smallest absolute Gasteiger partial charge is 0.244 e. The highest BCUT2D eigenvalue weighted by atomic mass is 35.5. The number of amides is 1. The molecule has 2 atom stereocenters. The first-order valence-corrected chi connectivity index (χ1v) is 8.19. The summed E-state index contributed by atoms with van der Waals surface area (Å²) >= 11 is 5.90. The molecular formula is C15H22ClN5O. The van der Waals surface area contributed by atoms with Crippen LogP contribution in [0.3, 0.4) is 0 Å².